The molecule has 9 nitrogen and oxygen atoms in total. The highest BCUT2D eigenvalue weighted by Gasteiger charge is 2.31. The Morgan fingerprint density at radius 2 is 1.38 bits per heavy atom. The van der Waals surface area contributed by atoms with Crippen molar-refractivity contribution in [3.63, 3.8) is 0 Å². The highest BCUT2D eigenvalue weighted by atomic mass is 16.5. The second-order valence-corrected chi connectivity index (χ2v) is 12.4. The minimum Gasteiger partial charge on any atom is -0.445 e. The summed E-state index contributed by atoms with van der Waals surface area (Å²) in [5, 5.41) is 20.6. The largest absolute Gasteiger partial charge is 0.445 e. The summed E-state index contributed by atoms with van der Waals surface area (Å²) in [6.45, 7) is -0.305. The summed E-state index contributed by atoms with van der Waals surface area (Å²) < 4.78 is 5.47. The number of rotatable bonds is 14. The number of Topliss-reactive ketones (excluding diaryl/α,β-unsaturated/α-hetero) is 1. The number of alkyl carbamates (subject to hydrolysis) is 1. The Morgan fingerprint density at radius 1 is 0.729 bits per heavy atom. The molecule has 0 aromatic heterocycles. The highest BCUT2D eigenvalue weighted by Crippen LogP contribution is 2.25. The molecule has 0 aliphatic heterocycles. The molecule has 0 bridgehead atoms. The minimum absolute atomic E-state index is 0.0281. The maximum absolute atomic E-state index is 14.1. The monoisotopic (exact) mass is 649 g/mol. The maximum atomic E-state index is 14.1. The van der Waals surface area contributed by atoms with Gasteiger partial charge >= 0.3 is 6.09 Å². The lowest BCUT2D eigenvalue weighted by Gasteiger charge is -2.28. The van der Waals surface area contributed by atoms with Crippen LogP contribution in [0.25, 0.3) is 10.8 Å². The number of aliphatic hydroxyl groups excluding tert-OH is 1. The number of fused-ring (bicyclic) bond motifs is 1. The molecular weight excluding hydrogens is 606 g/mol. The Balaban J connectivity index is 1.35. The molecule has 0 saturated heterocycles. The zero-order valence-corrected chi connectivity index (χ0v) is 27.0. The van der Waals surface area contributed by atoms with Crippen LogP contribution in [0.5, 0.6) is 0 Å². The number of nitrogens with one attached hydrogen (secondary N) is 3. The van der Waals surface area contributed by atoms with Crippen molar-refractivity contribution in [1.29, 1.82) is 0 Å². The molecule has 1 aliphatic carbocycles. The van der Waals surface area contributed by atoms with Crippen LogP contribution in [0.3, 0.4) is 0 Å². The van der Waals surface area contributed by atoms with Crippen LogP contribution in [0.2, 0.25) is 0 Å². The van der Waals surface area contributed by atoms with Crippen LogP contribution in [0.1, 0.15) is 48.8 Å². The van der Waals surface area contributed by atoms with Gasteiger partial charge in [0, 0.05) is 25.2 Å². The SMILES string of the molecule is O=C(N[C@@H](Cc1cccc2ccccc12)C(=O)N[C@@H](Cc1ccccc1)C(=O)N[C@H](CO)C[C@@H]1CCCCC1=O)OCc1ccccc1. The molecule has 0 spiro atoms. The lowest BCUT2D eigenvalue weighted by Crippen LogP contribution is -2.56. The number of ether oxygens (including phenoxy) is 1. The van der Waals surface area contributed by atoms with E-state index >= 15 is 0 Å². The average molecular weight is 650 g/mol. The molecule has 4 aromatic carbocycles. The Labute approximate surface area is 281 Å². The van der Waals surface area contributed by atoms with Crippen LogP contribution < -0.4 is 16.0 Å². The van der Waals surface area contributed by atoms with E-state index in [0.717, 1.165) is 46.7 Å². The van der Waals surface area contributed by atoms with E-state index in [-0.39, 0.29) is 37.8 Å². The van der Waals surface area contributed by atoms with Crippen molar-refractivity contribution < 1.29 is 29.0 Å². The lowest BCUT2D eigenvalue weighted by atomic mass is 9.83. The van der Waals surface area contributed by atoms with Crippen molar-refractivity contribution >= 4 is 34.5 Å². The molecule has 0 radical (unpaired) electrons. The Morgan fingerprint density at radius 3 is 2.10 bits per heavy atom. The summed E-state index contributed by atoms with van der Waals surface area (Å²) in [7, 11) is 0. The van der Waals surface area contributed by atoms with Gasteiger partial charge in [0.15, 0.2) is 0 Å². The van der Waals surface area contributed by atoms with Crippen LogP contribution in [-0.4, -0.2) is 53.5 Å². The van der Waals surface area contributed by atoms with Crippen LogP contribution >= 0.6 is 0 Å². The third kappa shape index (κ3) is 9.75. The van der Waals surface area contributed by atoms with Crippen molar-refractivity contribution in [1.82, 2.24) is 16.0 Å². The van der Waals surface area contributed by atoms with E-state index in [4.69, 9.17) is 4.74 Å². The van der Waals surface area contributed by atoms with Crippen molar-refractivity contribution in [2.45, 2.75) is 69.7 Å². The van der Waals surface area contributed by atoms with Crippen LogP contribution in [-0.2, 0) is 38.6 Å². The van der Waals surface area contributed by atoms with E-state index in [1.165, 1.54) is 0 Å². The first-order valence-electron chi connectivity index (χ1n) is 16.6. The topological polar surface area (TPSA) is 134 Å². The van der Waals surface area contributed by atoms with Gasteiger partial charge in [-0.05, 0) is 46.7 Å². The molecule has 4 aromatic rings. The lowest BCUT2D eigenvalue weighted by molar-refractivity contribution is -0.131. The van der Waals surface area contributed by atoms with E-state index in [1.54, 1.807) is 0 Å². The van der Waals surface area contributed by atoms with Gasteiger partial charge < -0.3 is 25.8 Å². The van der Waals surface area contributed by atoms with Gasteiger partial charge in [0.05, 0.1) is 12.6 Å². The van der Waals surface area contributed by atoms with Gasteiger partial charge in [-0.25, -0.2) is 4.79 Å². The molecule has 4 atom stereocenters. The average Bonchev–Trinajstić information content (AvgIpc) is 3.11. The molecule has 1 fully saturated rings. The first kappa shape index (κ1) is 34.3. The van der Waals surface area contributed by atoms with E-state index in [9.17, 15) is 24.3 Å². The molecule has 1 aliphatic rings. The fourth-order valence-electron chi connectivity index (χ4n) is 6.27. The quantitative estimate of drug-likeness (QED) is 0.151. The molecule has 9 heteroatoms. The van der Waals surface area contributed by atoms with Gasteiger partial charge in [0.25, 0.3) is 0 Å². The van der Waals surface area contributed by atoms with E-state index < -0.39 is 36.0 Å². The van der Waals surface area contributed by atoms with Crippen molar-refractivity contribution in [3.05, 3.63) is 120 Å². The van der Waals surface area contributed by atoms with Crippen molar-refractivity contribution in [3.8, 4) is 0 Å². The molecule has 250 valence electrons. The minimum atomic E-state index is -1.07. The first-order valence-corrected chi connectivity index (χ1v) is 16.6. The molecular formula is C39H43N3O6. The van der Waals surface area contributed by atoms with Gasteiger partial charge in [-0.15, -0.1) is 0 Å². The molecule has 0 unspecified atom stereocenters. The number of aliphatic hydroxyl groups is 1. The summed E-state index contributed by atoms with van der Waals surface area (Å²) in [4.78, 5) is 53.4. The third-order valence-electron chi connectivity index (χ3n) is 8.86. The van der Waals surface area contributed by atoms with Crippen LogP contribution in [0.4, 0.5) is 4.79 Å². The summed E-state index contributed by atoms with van der Waals surface area (Å²) in [6.07, 6.45) is 2.96. The number of benzene rings is 4. The highest BCUT2D eigenvalue weighted by molar-refractivity contribution is 5.93. The molecule has 1 saturated carbocycles. The van der Waals surface area contributed by atoms with Crippen molar-refractivity contribution in [2.75, 3.05) is 6.61 Å². The number of carbonyl (C=O) groups excluding carboxylic acids is 4. The smallest absolute Gasteiger partial charge is 0.408 e. The van der Waals surface area contributed by atoms with Crippen LogP contribution in [0, 0.1) is 5.92 Å². The number of amides is 3. The molecule has 48 heavy (non-hydrogen) atoms. The summed E-state index contributed by atoms with van der Waals surface area (Å²) in [5.74, 6) is -1.09. The van der Waals surface area contributed by atoms with E-state index in [0.29, 0.717) is 12.8 Å². The number of hydrogen-bond acceptors (Lipinski definition) is 6. The molecule has 5 rings (SSSR count). The van der Waals surface area contributed by atoms with Crippen molar-refractivity contribution in [2.24, 2.45) is 5.92 Å². The molecule has 3 amide bonds. The fraction of sp³-hybridized carbons (Fsp3) is 0.333. The Hall–Kier alpha value is -5.02. The predicted octanol–water partition coefficient (Wildman–Crippen LogP) is 5.03. The Kier molecular flexibility index (Phi) is 12.3. The zero-order chi connectivity index (χ0) is 33.7. The third-order valence-corrected chi connectivity index (χ3v) is 8.86. The second-order valence-electron chi connectivity index (χ2n) is 12.4. The number of ketones is 1. The zero-order valence-electron chi connectivity index (χ0n) is 27.0. The summed E-state index contributed by atoms with van der Waals surface area (Å²) in [5.41, 5.74) is 2.47. The summed E-state index contributed by atoms with van der Waals surface area (Å²) >= 11 is 0. The second kappa shape index (κ2) is 17.2. The van der Waals surface area contributed by atoms with Gasteiger partial charge in [-0.1, -0.05) is 110 Å². The molecule has 0 heterocycles. The van der Waals surface area contributed by atoms with Gasteiger partial charge in [0.2, 0.25) is 11.8 Å². The number of carbonyl (C=O) groups is 4. The summed E-state index contributed by atoms with van der Waals surface area (Å²) in [6, 6.07) is 29.4. The van der Waals surface area contributed by atoms with Crippen LogP contribution in [0.15, 0.2) is 103 Å². The maximum Gasteiger partial charge on any atom is 0.408 e. The fourth-order valence-corrected chi connectivity index (χ4v) is 6.27. The predicted molar refractivity (Wildman–Crippen MR) is 184 cm³/mol. The first-order chi connectivity index (χ1) is 23.4. The van der Waals surface area contributed by atoms with Gasteiger partial charge in [-0.3, -0.25) is 14.4 Å². The standard InChI is InChI=1S/C39H43N3O6/c43-25-32(23-31-17-8-10-21-36(31)44)40-37(45)34(22-27-12-3-1-4-13-27)41-38(46)35(42-39(47)48-26-28-14-5-2-6-15-28)24-30-19-11-18-29-16-7-9-20-33(29)30/h1-7,9,11-16,18-20,31-32,34-35,43H,8,10,17,21-26H2,(H,40,45)(H,41,46)(H,42,47)/t31-,32-,34-,35-/m0/s1. The normalized spacial score (nSPS) is 16.4. The van der Waals surface area contributed by atoms with Gasteiger partial charge in [0.1, 0.15) is 24.5 Å². The number of hydrogen-bond donors (Lipinski definition) is 4. The Bertz CT molecular complexity index is 1670. The molecule has 4 N–H and O–H groups in total. The van der Waals surface area contributed by atoms with Gasteiger partial charge in [-0.2, -0.15) is 0 Å². The van der Waals surface area contributed by atoms with E-state index in [1.807, 2.05) is 103 Å². The van der Waals surface area contributed by atoms with E-state index in [2.05, 4.69) is 16.0 Å².